The molecule has 19 atom stereocenters. The van der Waals surface area contributed by atoms with Crippen LogP contribution >= 0.6 is 0 Å². The second kappa shape index (κ2) is 43.4. The third kappa shape index (κ3) is 32.1. The maximum Gasteiger partial charge on any atom is 0.309 e. The van der Waals surface area contributed by atoms with Gasteiger partial charge in [0.25, 0.3) is 0 Å². The first kappa shape index (κ1) is 86.1. The zero-order valence-corrected chi connectivity index (χ0v) is 65.1. The van der Waals surface area contributed by atoms with E-state index >= 15 is 0 Å². The Kier molecular flexibility index (Phi) is 40.2. The summed E-state index contributed by atoms with van der Waals surface area (Å²) in [6.07, 6.45) is 22.4. The van der Waals surface area contributed by atoms with Crippen molar-refractivity contribution >= 4 is 29.4 Å². The van der Waals surface area contributed by atoms with Crippen molar-refractivity contribution in [2.45, 2.75) is 307 Å². The van der Waals surface area contributed by atoms with Crippen LogP contribution in [0.25, 0.3) is 0 Å². The highest BCUT2D eigenvalue weighted by atomic mass is 16.5. The second-order valence-corrected chi connectivity index (χ2v) is 35.1. The van der Waals surface area contributed by atoms with Gasteiger partial charge in [-0.3, -0.25) is 19.2 Å². The Morgan fingerprint density at radius 3 is 1.06 bits per heavy atom. The Bertz CT molecular complexity index is 2170. The standard InChI is InChI=1S/C18H27NO.C15H29NO.C14H26O4.C14H26O2.2C11H22/c1-12(2)16-10-7-14(4)11-17(16)18(20)19-15-8-5-13(3)6-9-15;1-10(2)12-8-7-11(3)9-13(12)14(17)16-15(4,5)6;1-9(2)12-5-4-10(3)6-13(12)14(17)18-8-11(16)7-15;1-5-8-16-14(15)13-9-11(4)6-7-12(13)10(2)3;2*1-8(2)11-6-5-9(3)7-10(11)4/h5-6,8-9,12,14,16-17H,7,10-11H2,1-4H3,(H,19,20);10-13H,7-9H2,1-6H3,(H,16,17);9-13,15-16H,4-8H2,1-3H3;10-13H,5-9H2,1-4H3;2*8-11H,5-7H2,1-4H3/t14-,16+,17-;11-,12+,13-;10-,11?,12+,13-;11-,12+,13-;2*9-,10-,11+/m111111/s1. The number of hydrogen-bond acceptors (Lipinski definition) is 8. The van der Waals surface area contributed by atoms with Gasteiger partial charge in [0, 0.05) is 23.1 Å². The molecule has 1 unspecified atom stereocenters. The molecule has 0 aliphatic heterocycles. The summed E-state index contributed by atoms with van der Waals surface area (Å²) in [6.45, 7) is 56.2. The van der Waals surface area contributed by atoms with E-state index in [2.05, 4.69) is 177 Å². The maximum atomic E-state index is 12.6. The molecule has 93 heavy (non-hydrogen) atoms. The molecule has 0 bridgehead atoms. The number of nitrogens with one attached hydrogen (secondary N) is 2. The molecule has 10 heteroatoms. The molecule has 6 fully saturated rings. The number of benzene rings is 1. The van der Waals surface area contributed by atoms with Crippen LogP contribution in [0.2, 0.25) is 0 Å². The lowest BCUT2D eigenvalue weighted by Crippen LogP contribution is -2.47. The third-order valence-corrected chi connectivity index (χ3v) is 23.0. The number of aryl methyl sites for hydroxylation is 1. The Balaban J connectivity index is 0.000000385. The molecule has 7 rings (SSSR count). The van der Waals surface area contributed by atoms with Gasteiger partial charge in [0.05, 0.1) is 25.0 Å². The summed E-state index contributed by atoms with van der Waals surface area (Å²) in [7, 11) is 0. The second-order valence-electron chi connectivity index (χ2n) is 35.1. The summed E-state index contributed by atoms with van der Waals surface area (Å²) in [4.78, 5) is 49.0. The van der Waals surface area contributed by atoms with Gasteiger partial charge in [0.2, 0.25) is 11.8 Å². The number of rotatable bonds is 16. The zero-order chi connectivity index (χ0) is 70.6. The van der Waals surface area contributed by atoms with Crippen LogP contribution in [0.1, 0.15) is 294 Å². The van der Waals surface area contributed by atoms with E-state index in [0.29, 0.717) is 77.6 Å². The molecule has 0 spiro atoms. The number of carbonyl (C=O) groups is 4. The molecular weight excluding hydrogens is 1150 g/mol. The molecule has 4 N–H and O–H groups in total. The summed E-state index contributed by atoms with van der Waals surface area (Å²) < 4.78 is 10.4. The van der Waals surface area contributed by atoms with Crippen LogP contribution in [-0.2, 0) is 28.7 Å². The Labute approximate surface area is 574 Å². The molecule has 1 aromatic rings. The highest BCUT2D eigenvalue weighted by Gasteiger charge is 2.40. The van der Waals surface area contributed by atoms with E-state index in [9.17, 15) is 24.3 Å². The molecule has 0 radical (unpaired) electrons. The summed E-state index contributed by atoms with van der Waals surface area (Å²) in [5.74, 6) is 15.3. The Morgan fingerprint density at radius 2 is 0.753 bits per heavy atom. The van der Waals surface area contributed by atoms with E-state index in [1.54, 1.807) is 0 Å². The number of ether oxygens (including phenoxy) is 2. The van der Waals surface area contributed by atoms with Crippen molar-refractivity contribution in [3.63, 3.8) is 0 Å². The molecule has 6 saturated carbocycles. The molecule has 0 heterocycles. The van der Waals surface area contributed by atoms with Crippen LogP contribution in [0.15, 0.2) is 24.3 Å². The monoisotopic (exact) mass is 1310 g/mol. The first-order valence-corrected chi connectivity index (χ1v) is 38.7. The van der Waals surface area contributed by atoms with E-state index < -0.39 is 6.10 Å². The van der Waals surface area contributed by atoms with Crippen molar-refractivity contribution in [1.29, 1.82) is 0 Å². The quantitative estimate of drug-likeness (QED) is 0.119. The number of esters is 2. The predicted octanol–water partition coefficient (Wildman–Crippen LogP) is 20.9. The van der Waals surface area contributed by atoms with Gasteiger partial charge < -0.3 is 30.3 Å². The van der Waals surface area contributed by atoms with Crippen LogP contribution < -0.4 is 10.6 Å². The number of carbonyl (C=O) groups excluding carboxylic acids is 4. The topological polar surface area (TPSA) is 151 Å². The van der Waals surface area contributed by atoms with Crippen molar-refractivity contribution in [2.75, 3.05) is 25.1 Å². The first-order chi connectivity index (χ1) is 43.4. The molecule has 10 nitrogen and oxygen atoms in total. The van der Waals surface area contributed by atoms with Crippen LogP contribution in [0.3, 0.4) is 0 Å². The van der Waals surface area contributed by atoms with Crippen molar-refractivity contribution in [3.05, 3.63) is 29.8 Å². The molecule has 0 saturated heterocycles. The average molecular weight is 1310 g/mol. The molecule has 2 amide bonds. The van der Waals surface area contributed by atoms with E-state index in [0.717, 1.165) is 91.6 Å². The normalized spacial score (nSPS) is 31.7. The lowest BCUT2D eigenvalue weighted by molar-refractivity contribution is -0.157. The lowest BCUT2D eigenvalue weighted by Gasteiger charge is -2.37. The molecular formula is C83H152N2O8. The number of aliphatic hydroxyl groups is 2. The highest BCUT2D eigenvalue weighted by Crippen LogP contribution is 2.43. The van der Waals surface area contributed by atoms with E-state index in [4.69, 9.17) is 14.6 Å². The fourth-order valence-electron chi connectivity index (χ4n) is 17.3. The molecule has 6 aliphatic rings. The summed E-state index contributed by atoms with van der Waals surface area (Å²) >= 11 is 0. The van der Waals surface area contributed by atoms with E-state index in [-0.39, 0.29) is 66.2 Å². The molecule has 1 aromatic carbocycles. The number of aliphatic hydroxyl groups excluding tert-OH is 2. The zero-order valence-electron chi connectivity index (χ0n) is 65.1. The van der Waals surface area contributed by atoms with Gasteiger partial charge in [0.15, 0.2) is 0 Å². The Hall–Kier alpha value is -2.98. The van der Waals surface area contributed by atoms with Gasteiger partial charge in [-0.1, -0.05) is 202 Å². The van der Waals surface area contributed by atoms with E-state index in [1.807, 2.05) is 31.2 Å². The molecule has 6 aliphatic carbocycles. The van der Waals surface area contributed by atoms with Crippen LogP contribution in [-0.4, -0.2) is 65.4 Å². The predicted molar refractivity (Wildman–Crippen MR) is 393 cm³/mol. The van der Waals surface area contributed by atoms with Crippen LogP contribution in [0.4, 0.5) is 5.69 Å². The SMILES string of the molecule is CC(C)[C@@H]1CC[C@@H](C)C[C@H]1C.CC(C)[C@@H]1CC[C@@H](C)C[C@H]1C.CC(C)[C@@H]1CC[C@@H](C)C[C@H]1C(=O)NC(C)(C)C.CC(C)[C@@H]1CC[C@@H](C)C[C@H]1C(=O)OCC(O)CO.CCCOC(=O)[C@@H]1C[C@H](C)CC[C@H]1C(C)C.Cc1ccc(NC(=O)[C@@H]2C[C@H](C)CC[C@H]2C(C)C)cc1. The van der Waals surface area contributed by atoms with Crippen LogP contribution in [0, 0.1) is 149 Å². The van der Waals surface area contributed by atoms with Gasteiger partial charge in [-0.05, 0) is 242 Å². The molecule has 542 valence electrons. The largest absolute Gasteiger partial charge is 0.465 e. The van der Waals surface area contributed by atoms with Gasteiger partial charge in [-0.25, -0.2) is 0 Å². The van der Waals surface area contributed by atoms with Gasteiger partial charge in [0.1, 0.15) is 12.7 Å². The average Bonchev–Trinajstić information content (AvgIpc) is 1.00. The third-order valence-electron chi connectivity index (χ3n) is 23.0. The highest BCUT2D eigenvalue weighted by molar-refractivity contribution is 5.92. The van der Waals surface area contributed by atoms with Gasteiger partial charge >= 0.3 is 11.9 Å². The van der Waals surface area contributed by atoms with Crippen LogP contribution in [0.5, 0.6) is 0 Å². The van der Waals surface area contributed by atoms with Crippen molar-refractivity contribution in [2.24, 2.45) is 142 Å². The lowest BCUT2D eigenvalue weighted by atomic mass is 9.69. The summed E-state index contributed by atoms with van der Waals surface area (Å²) in [5, 5.41) is 24.2. The van der Waals surface area contributed by atoms with E-state index in [1.165, 1.54) is 89.0 Å². The minimum absolute atomic E-state index is 0.0482. The summed E-state index contributed by atoms with van der Waals surface area (Å²) in [5.41, 5.74) is 2.02. The first-order valence-electron chi connectivity index (χ1n) is 38.7. The van der Waals surface area contributed by atoms with Gasteiger partial charge in [-0.15, -0.1) is 0 Å². The number of anilines is 1. The minimum Gasteiger partial charge on any atom is -0.465 e. The van der Waals surface area contributed by atoms with Crippen molar-refractivity contribution in [1.82, 2.24) is 5.32 Å². The Morgan fingerprint density at radius 1 is 0.452 bits per heavy atom. The fraction of sp³-hybridized carbons (Fsp3) is 0.880. The molecule has 0 aromatic heterocycles. The number of hydrogen-bond donors (Lipinski definition) is 4. The van der Waals surface area contributed by atoms with Crippen molar-refractivity contribution in [3.8, 4) is 0 Å². The minimum atomic E-state index is -0.965. The number of amides is 2. The van der Waals surface area contributed by atoms with Crippen molar-refractivity contribution < 1.29 is 38.9 Å². The van der Waals surface area contributed by atoms with Gasteiger partial charge in [-0.2, -0.15) is 0 Å². The maximum absolute atomic E-state index is 12.6. The smallest absolute Gasteiger partial charge is 0.309 e. The summed E-state index contributed by atoms with van der Waals surface area (Å²) in [6, 6.07) is 8.06. The fourth-order valence-corrected chi connectivity index (χ4v) is 17.3.